The molecule has 0 spiro atoms. The predicted molar refractivity (Wildman–Crippen MR) is 65.4 cm³/mol. The fourth-order valence-corrected chi connectivity index (χ4v) is 1.54. The van der Waals surface area contributed by atoms with Gasteiger partial charge in [0.2, 0.25) is 0 Å². The zero-order valence-corrected chi connectivity index (χ0v) is 9.98. The molecule has 1 aliphatic rings. The van der Waals surface area contributed by atoms with Crippen molar-refractivity contribution in [3.05, 3.63) is 29.0 Å². The van der Waals surface area contributed by atoms with Gasteiger partial charge in [0.15, 0.2) is 5.96 Å². The molecule has 2 rings (SSSR count). The standard InChI is InChI=1S/C11H15ClN4/c1-16(9-3-4-9)11(13)15-7-8-2-5-10(12)14-6-8/h2,5-6,9H,3-4,7H2,1H3,(H2,13,15). The van der Waals surface area contributed by atoms with E-state index < -0.39 is 0 Å². The normalized spacial score (nSPS) is 16.2. The third-order valence-corrected chi connectivity index (χ3v) is 2.89. The number of pyridine rings is 1. The molecular weight excluding hydrogens is 224 g/mol. The minimum absolute atomic E-state index is 0.496. The van der Waals surface area contributed by atoms with Gasteiger partial charge in [-0.3, -0.25) is 0 Å². The molecule has 0 unspecified atom stereocenters. The summed E-state index contributed by atoms with van der Waals surface area (Å²) in [5.74, 6) is 0.595. The molecule has 0 aromatic carbocycles. The van der Waals surface area contributed by atoms with Gasteiger partial charge in [0.1, 0.15) is 5.15 Å². The van der Waals surface area contributed by atoms with Crippen molar-refractivity contribution in [3.63, 3.8) is 0 Å². The van der Waals surface area contributed by atoms with E-state index in [-0.39, 0.29) is 0 Å². The van der Waals surface area contributed by atoms with E-state index in [1.165, 1.54) is 12.8 Å². The van der Waals surface area contributed by atoms with E-state index in [0.29, 0.717) is 23.7 Å². The lowest BCUT2D eigenvalue weighted by Crippen LogP contribution is -2.35. The monoisotopic (exact) mass is 238 g/mol. The predicted octanol–water partition coefficient (Wildman–Crippen LogP) is 1.64. The SMILES string of the molecule is CN(C(N)=NCc1ccc(Cl)nc1)C1CC1. The molecule has 1 aromatic heterocycles. The Morgan fingerprint density at radius 3 is 2.94 bits per heavy atom. The minimum atomic E-state index is 0.496. The molecular formula is C11H15ClN4. The van der Waals surface area contributed by atoms with E-state index in [0.717, 1.165) is 5.56 Å². The third-order valence-electron chi connectivity index (χ3n) is 2.67. The van der Waals surface area contributed by atoms with Crippen LogP contribution in [-0.2, 0) is 6.54 Å². The van der Waals surface area contributed by atoms with E-state index >= 15 is 0 Å². The van der Waals surface area contributed by atoms with Gasteiger partial charge in [-0.05, 0) is 24.5 Å². The number of hydrogen-bond donors (Lipinski definition) is 1. The van der Waals surface area contributed by atoms with Crippen molar-refractivity contribution >= 4 is 17.6 Å². The lowest BCUT2D eigenvalue weighted by Gasteiger charge is -2.16. The van der Waals surface area contributed by atoms with Crippen molar-refractivity contribution in [3.8, 4) is 0 Å². The van der Waals surface area contributed by atoms with E-state index in [4.69, 9.17) is 17.3 Å². The maximum atomic E-state index is 5.87. The summed E-state index contributed by atoms with van der Waals surface area (Å²) >= 11 is 5.69. The van der Waals surface area contributed by atoms with Crippen LogP contribution in [0.25, 0.3) is 0 Å². The van der Waals surface area contributed by atoms with Gasteiger partial charge < -0.3 is 10.6 Å². The van der Waals surface area contributed by atoms with Crippen LogP contribution in [0.1, 0.15) is 18.4 Å². The Bertz CT molecular complexity index is 383. The van der Waals surface area contributed by atoms with Crippen molar-refractivity contribution in [1.82, 2.24) is 9.88 Å². The highest BCUT2D eigenvalue weighted by atomic mass is 35.5. The summed E-state index contributed by atoms with van der Waals surface area (Å²) in [4.78, 5) is 10.3. The van der Waals surface area contributed by atoms with Crippen LogP contribution in [-0.4, -0.2) is 28.9 Å². The van der Waals surface area contributed by atoms with Gasteiger partial charge in [-0.1, -0.05) is 17.7 Å². The second-order valence-corrected chi connectivity index (χ2v) is 4.39. The first-order valence-corrected chi connectivity index (χ1v) is 5.68. The smallest absolute Gasteiger partial charge is 0.191 e. The topological polar surface area (TPSA) is 54.5 Å². The molecule has 2 N–H and O–H groups in total. The van der Waals surface area contributed by atoms with Crippen molar-refractivity contribution in [2.75, 3.05) is 7.05 Å². The average molecular weight is 239 g/mol. The lowest BCUT2D eigenvalue weighted by atomic mass is 10.3. The summed E-state index contributed by atoms with van der Waals surface area (Å²) in [6.45, 7) is 0.549. The Kier molecular flexibility index (Phi) is 3.29. The molecule has 5 heteroatoms. The molecule has 0 radical (unpaired) electrons. The van der Waals surface area contributed by atoms with Crippen molar-refractivity contribution in [1.29, 1.82) is 0 Å². The van der Waals surface area contributed by atoms with E-state index in [9.17, 15) is 0 Å². The summed E-state index contributed by atoms with van der Waals surface area (Å²) in [5, 5.41) is 0.496. The van der Waals surface area contributed by atoms with Gasteiger partial charge in [-0.2, -0.15) is 0 Å². The maximum absolute atomic E-state index is 5.87. The summed E-state index contributed by atoms with van der Waals surface area (Å²) in [6, 6.07) is 4.25. The zero-order chi connectivity index (χ0) is 11.5. The molecule has 1 heterocycles. The average Bonchev–Trinajstić information content (AvgIpc) is 3.11. The second kappa shape index (κ2) is 4.70. The highest BCUT2D eigenvalue weighted by Gasteiger charge is 2.27. The number of nitrogens with zero attached hydrogens (tertiary/aromatic N) is 3. The van der Waals surface area contributed by atoms with Crippen LogP contribution in [0.3, 0.4) is 0 Å². The maximum Gasteiger partial charge on any atom is 0.191 e. The highest BCUT2D eigenvalue weighted by Crippen LogP contribution is 2.24. The molecule has 0 atom stereocenters. The van der Waals surface area contributed by atoms with Gasteiger partial charge in [0, 0.05) is 19.3 Å². The van der Waals surface area contributed by atoms with Crippen molar-refractivity contribution < 1.29 is 0 Å². The molecule has 0 amide bonds. The number of rotatable bonds is 3. The Morgan fingerprint density at radius 2 is 2.38 bits per heavy atom. The van der Waals surface area contributed by atoms with Crippen LogP contribution in [0, 0.1) is 0 Å². The van der Waals surface area contributed by atoms with Gasteiger partial charge in [0.25, 0.3) is 0 Å². The summed E-state index contributed by atoms with van der Waals surface area (Å²) in [6.07, 6.45) is 4.15. The molecule has 0 bridgehead atoms. The van der Waals surface area contributed by atoms with Crippen LogP contribution in [0.15, 0.2) is 23.3 Å². The van der Waals surface area contributed by atoms with E-state index in [1.807, 2.05) is 18.0 Å². The van der Waals surface area contributed by atoms with E-state index in [1.54, 1.807) is 12.3 Å². The number of nitrogens with two attached hydrogens (primary N) is 1. The molecule has 86 valence electrons. The van der Waals surface area contributed by atoms with E-state index in [2.05, 4.69) is 9.98 Å². The Balaban J connectivity index is 1.94. The molecule has 16 heavy (non-hydrogen) atoms. The summed E-state index contributed by atoms with van der Waals surface area (Å²) in [7, 11) is 1.98. The van der Waals surface area contributed by atoms with Crippen LogP contribution < -0.4 is 5.73 Å². The first-order valence-electron chi connectivity index (χ1n) is 5.30. The number of aliphatic imine (C=N–C) groups is 1. The Hall–Kier alpha value is -1.29. The van der Waals surface area contributed by atoms with Crippen LogP contribution >= 0.6 is 11.6 Å². The molecule has 1 saturated carbocycles. The molecule has 1 aromatic rings. The first kappa shape index (κ1) is 11.2. The van der Waals surface area contributed by atoms with Crippen LogP contribution in [0.5, 0.6) is 0 Å². The zero-order valence-electron chi connectivity index (χ0n) is 9.23. The van der Waals surface area contributed by atoms with Gasteiger partial charge >= 0.3 is 0 Å². The summed E-state index contributed by atoms with van der Waals surface area (Å²) < 4.78 is 0. The first-order chi connectivity index (χ1) is 7.66. The molecule has 0 saturated heterocycles. The molecule has 4 nitrogen and oxygen atoms in total. The van der Waals surface area contributed by atoms with Crippen molar-refractivity contribution in [2.24, 2.45) is 10.7 Å². The summed E-state index contributed by atoms with van der Waals surface area (Å²) in [5.41, 5.74) is 6.88. The lowest BCUT2D eigenvalue weighted by molar-refractivity contribution is 0.487. The molecule has 1 fully saturated rings. The Morgan fingerprint density at radius 1 is 1.62 bits per heavy atom. The highest BCUT2D eigenvalue weighted by molar-refractivity contribution is 6.29. The minimum Gasteiger partial charge on any atom is -0.370 e. The Labute approximate surface area is 100 Å². The van der Waals surface area contributed by atoms with Crippen LogP contribution in [0.2, 0.25) is 5.15 Å². The van der Waals surface area contributed by atoms with Gasteiger partial charge in [-0.25, -0.2) is 9.98 Å². The largest absolute Gasteiger partial charge is 0.370 e. The van der Waals surface area contributed by atoms with Gasteiger partial charge in [0.05, 0.1) is 6.54 Å². The second-order valence-electron chi connectivity index (χ2n) is 4.01. The number of hydrogen-bond acceptors (Lipinski definition) is 2. The third kappa shape index (κ3) is 2.85. The number of aromatic nitrogens is 1. The van der Waals surface area contributed by atoms with Crippen LogP contribution in [0.4, 0.5) is 0 Å². The fraction of sp³-hybridized carbons (Fsp3) is 0.455. The number of halogens is 1. The molecule has 1 aliphatic carbocycles. The number of guanidine groups is 1. The van der Waals surface area contributed by atoms with Gasteiger partial charge in [-0.15, -0.1) is 0 Å². The quantitative estimate of drug-likeness (QED) is 0.495. The fourth-order valence-electron chi connectivity index (χ4n) is 1.43. The van der Waals surface area contributed by atoms with Crippen molar-refractivity contribution in [2.45, 2.75) is 25.4 Å². The molecule has 0 aliphatic heterocycles.